The molecule has 0 bridgehead atoms. The second-order valence-electron chi connectivity index (χ2n) is 5.44. The minimum atomic E-state index is -0.707. The van der Waals surface area contributed by atoms with Crippen molar-refractivity contribution in [3.63, 3.8) is 0 Å². The standard InChI is InChI=1S/C15H19N3O3/c1-9-4-10-5-15(20-3)12(7-14(10)21-9)13(19)6-11-8-18(2)17-16-11/h5,7-9,13,19H,4,6H2,1-3H3. The number of nitrogens with zero attached hydrogens (tertiary/aromatic N) is 3. The van der Waals surface area contributed by atoms with Gasteiger partial charge in [0.05, 0.1) is 18.9 Å². The summed E-state index contributed by atoms with van der Waals surface area (Å²) < 4.78 is 12.8. The predicted octanol–water partition coefficient (Wildman–Crippen LogP) is 1.42. The number of benzene rings is 1. The van der Waals surface area contributed by atoms with E-state index in [-0.39, 0.29) is 6.10 Å². The molecular formula is C15H19N3O3. The molecule has 0 amide bonds. The molecule has 1 aromatic carbocycles. The van der Waals surface area contributed by atoms with Crippen LogP contribution in [0.15, 0.2) is 18.3 Å². The highest BCUT2D eigenvalue weighted by atomic mass is 16.5. The zero-order chi connectivity index (χ0) is 15.0. The monoisotopic (exact) mass is 289 g/mol. The molecule has 0 saturated heterocycles. The molecule has 0 aliphatic carbocycles. The smallest absolute Gasteiger partial charge is 0.125 e. The first-order chi connectivity index (χ1) is 10.1. The molecule has 0 fully saturated rings. The molecule has 1 N–H and O–H groups in total. The highest BCUT2D eigenvalue weighted by Gasteiger charge is 2.24. The third-order valence-corrected chi connectivity index (χ3v) is 3.66. The van der Waals surface area contributed by atoms with Gasteiger partial charge in [-0.1, -0.05) is 5.21 Å². The topological polar surface area (TPSA) is 69.4 Å². The Morgan fingerprint density at radius 3 is 3.00 bits per heavy atom. The van der Waals surface area contributed by atoms with E-state index < -0.39 is 6.10 Å². The van der Waals surface area contributed by atoms with E-state index >= 15 is 0 Å². The number of ether oxygens (including phenoxy) is 2. The third kappa shape index (κ3) is 2.71. The molecule has 1 aliphatic rings. The van der Waals surface area contributed by atoms with Gasteiger partial charge in [0.25, 0.3) is 0 Å². The number of rotatable bonds is 4. The Hall–Kier alpha value is -2.08. The summed E-state index contributed by atoms with van der Waals surface area (Å²) in [5.74, 6) is 1.51. The quantitative estimate of drug-likeness (QED) is 0.922. The number of aryl methyl sites for hydroxylation is 1. The van der Waals surface area contributed by atoms with Crippen LogP contribution in [0.25, 0.3) is 0 Å². The molecule has 112 valence electrons. The average molecular weight is 289 g/mol. The second-order valence-corrected chi connectivity index (χ2v) is 5.44. The van der Waals surface area contributed by atoms with Crippen LogP contribution in [0.3, 0.4) is 0 Å². The van der Waals surface area contributed by atoms with E-state index in [2.05, 4.69) is 10.3 Å². The molecule has 1 aromatic heterocycles. The fourth-order valence-corrected chi connectivity index (χ4v) is 2.69. The summed E-state index contributed by atoms with van der Waals surface area (Å²) in [7, 11) is 3.41. The first-order valence-electron chi connectivity index (χ1n) is 6.97. The van der Waals surface area contributed by atoms with Crippen molar-refractivity contribution in [2.75, 3.05) is 7.11 Å². The molecule has 2 aromatic rings. The number of hydrogen-bond acceptors (Lipinski definition) is 5. The summed E-state index contributed by atoms with van der Waals surface area (Å²) in [6.07, 6.45) is 2.51. The molecule has 1 aliphatic heterocycles. The lowest BCUT2D eigenvalue weighted by Crippen LogP contribution is -2.06. The minimum absolute atomic E-state index is 0.164. The van der Waals surface area contributed by atoms with Gasteiger partial charge in [-0.05, 0) is 19.1 Å². The van der Waals surface area contributed by atoms with E-state index in [1.54, 1.807) is 25.0 Å². The highest BCUT2D eigenvalue weighted by molar-refractivity contribution is 5.49. The van der Waals surface area contributed by atoms with Crippen molar-refractivity contribution in [1.82, 2.24) is 15.0 Å². The van der Waals surface area contributed by atoms with Gasteiger partial charge in [0.15, 0.2) is 0 Å². The van der Waals surface area contributed by atoms with Crippen LogP contribution in [0.1, 0.15) is 29.8 Å². The largest absolute Gasteiger partial charge is 0.496 e. The van der Waals surface area contributed by atoms with Crippen LogP contribution in [-0.4, -0.2) is 33.3 Å². The maximum Gasteiger partial charge on any atom is 0.125 e. The molecule has 2 heterocycles. The molecule has 6 heteroatoms. The van der Waals surface area contributed by atoms with Crippen molar-refractivity contribution in [3.8, 4) is 11.5 Å². The number of methoxy groups -OCH3 is 1. The molecule has 21 heavy (non-hydrogen) atoms. The van der Waals surface area contributed by atoms with Gasteiger partial charge in [0, 0.05) is 37.2 Å². The van der Waals surface area contributed by atoms with Crippen LogP contribution in [0.5, 0.6) is 11.5 Å². The fourth-order valence-electron chi connectivity index (χ4n) is 2.69. The van der Waals surface area contributed by atoms with Crippen LogP contribution < -0.4 is 9.47 Å². The van der Waals surface area contributed by atoms with Crippen molar-refractivity contribution in [1.29, 1.82) is 0 Å². The van der Waals surface area contributed by atoms with Gasteiger partial charge in [-0.25, -0.2) is 0 Å². The van der Waals surface area contributed by atoms with Gasteiger partial charge in [0.1, 0.15) is 17.6 Å². The van der Waals surface area contributed by atoms with E-state index in [4.69, 9.17) is 9.47 Å². The van der Waals surface area contributed by atoms with Gasteiger partial charge in [-0.3, -0.25) is 4.68 Å². The predicted molar refractivity (Wildman–Crippen MR) is 76.5 cm³/mol. The van der Waals surface area contributed by atoms with Gasteiger partial charge >= 0.3 is 0 Å². The normalized spacial score (nSPS) is 18.2. The van der Waals surface area contributed by atoms with E-state index in [9.17, 15) is 5.11 Å². The Balaban J connectivity index is 1.88. The van der Waals surface area contributed by atoms with Crippen molar-refractivity contribution in [2.45, 2.75) is 32.0 Å². The Morgan fingerprint density at radius 2 is 2.33 bits per heavy atom. The summed E-state index contributed by atoms with van der Waals surface area (Å²) in [5.41, 5.74) is 2.58. The number of aromatic nitrogens is 3. The minimum Gasteiger partial charge on any atom is -0.496 e. The number of aliphatic hydroxyl groups excluding tert-OH is 1. The number of aliphatic hydroxyl groups is 1. The first kappa shape index (κ1) is 13.9. The first-order valence-corrected chi connectivity index (χ1v) is 6.97. The van der Waals surface area contributed by atoms with E-state index in [1.165, 1.54) is 0 Å². The second kappa shape index (κ2) is 5.37. The molecule has 2 unspecified atom stereocenters. The summed E-state index contributed by atoms with van der Waals surface area (Å²) in [5, 5.41) is 18.4. The van der Waals surface area contributed by atoms with Crippen LogP contribution in [-0.2, 0) is 19.9 Å². The molecule has 2 atom stereocenters. The molecule has 0 spiro atoms. The Bertz CT molecular complexity index is 654. The van der Waals surface area contributed by atoms with Gasteiger partial charge in [-0.2, -0.15) is 0 Å². The van der Waals surface area contributed by atoms with Gasteiger partial charge in [-0.15, -0.1) is 5.10 Å². The Morgan fingerprint density at radius 1 is 1.52 bits per heavy atom. The van der Waals surface area contributed by atoms with Crippen molar-refractivity contribution in [2.24, 2.45) is 7.05 Å². The van der Waals surface area contributed by atoms with E-state index in [0.29, 0.717) is 12.2 Å². The van der Waals surface area contributed by atoms with Crippen molar-refractivity contribution >= 4 is 0 Å². The van der Waals surface area contributed by atoms with Gasteiger partial charge < -0.3 is 14.6 Å². The van der Waals surface area contributed by atoms with Crippen LogP contribution in [0.2, 0.25) is 0 Å². The molecule has 0 radical (unpaired) electrons. The lowest BCUT2D eigenvalue weighted by molar-refractivity contribution is 0.172. The van der Waals surface area contributed by atoms with E-state index in [0.717, 1.165) is 29.0 Å². The van der Waals surface area contributed by atoms with E-state index in [1.807, 2.05) is 19.1 Å². The van der Waals surface area contributed by atoms with Crippen LogP contribution >= 0.6 is 0 Å². The maximum atomic E-state index is 10.5. The van der Waals surface area contributed by atoms with Crippen molar-refractivity contribution < 1.29 is 14.6 Å². The summed E-state index contributed by atoms with van der Waals surface area (Å²) in [4.78, 5) is 0. The molecule has 6 nitrogen and oxygen atoms in total. The molecule has 0 saturated carbocycles. The molecular weight excluding hydrogens is 270 g/mol. The van der Waals surface area contributed by atoms with Crippen molar-refractivity contribution in [3.05, 3.63) is 35.2 Å². The maximum absolute atomic E-state index is 10.5. The summed E-state index contributed by atoms with van der Waals surface area (Å²) in [6, 6.07) is 3.83. The number of hydrogen-bond donors (Lipinski definition) is 1. The fraction of sp³-hybridized carbons (Fsp3) is 0.467. The zero-order valence-corrected chi connectivity index (χ0v) is 12.4. The summed E-state index contributed by atoms with van der Waals surface area (Å²) in [6.45, 7) is 2.03. The lowest BCUT2D eigenvalue weighted by Gasteiger charge is -2.15. The average Bonchev–Trinajstić information content (AvgIpc) is 3.01. The van der Waals surface area contributed by atoms with Crippen LogP contribution in [0, 0.1) is 0 Å². The highest BCUT2D eigenvalue weighted by Crippen LogP contribution is 2.38. The Labute approximate surface area is 123 Å². The third-order valence-electron chi connectivity index (χ3n) is 3.66. The molecule has 3 rings (SSSR count). The number of fused-ring (bicyclic) bond motifs is 1. The van der Waals surface area contributed by atoms with Gasteiger partial charge in [0.2, 0.25) is 0 Å². The zero-order valence-electron chi connectivity index (χ0n) is 12.4. The summed E-state index contributed by atoms with van der Waals surface area (Å²) >= 11 is 0. The van der Waals surface area contributed by atoms with Crippen LogP contribution in [0.4, 0.5) is 0 Å². The Kier molecular flexibility index (Phi) is 3.55. The lowest BCUT2D eigenvalue weighted by atomic mass is 10.0. The SMILES string of the molecule is COc1cc2c(cc1C(O)Cc1cn(C)nn1)OC(C)C2.